The summed E-state index contributed by atoms with van der Waals surface area (Å²) >= 11 is 0. The standard InChI is InChI=1S/C42H8B18O/c43-23-17(27(47)34(54)28(48)19(23)15-16-20(29(49)33(53)25(15)45)30(50)36(56)35(55)26(16)46)13-9-5-1-3-7-11(9)14(12-8-4-2-6-10(12)13)18-24(44)21-22-32(52)37(57)38(58)40(60)42(22)61-41(21)39(59)31(18)51/h1-8H. The van der Waals surface area contributed by atoms with Crippen LogP contribution in [0.2, 0.25) is 0 Å². The van der Waals surface area contributed by atoms with Crippen molar-refractivity contribution in [1.82, 2.24) is 0 Å². The first-order valence-electron chi connectivity index (χ1n) is 18.5. The number of hydrogen-bond acceptors (Lipinski definition) is 1. The van der Waals surface area contributed by atoms with Gasteiger partial charge in [-0.3, -0.25) is 0 Å². The van der Waals surface area contributed by atoms with Crippen LogP contribution in [0.4, 0.5) is 0 Å². The third kappa shape index (κ3) is 5.53. The van der Waals surface area contributed by atoms with Crippen LogP contribution in [0.15, 0.2) is 52.9 Å². The predicted molar refractivity (Wildman–Crippen MR) is 280 cm³/mol. The fourth-order valence-corrected chi connectivity index (χ4v) is 8.88. The molecule has 0 amide bonds. The largest absolute Gasteiger partial charge is 0.457 e. The second kappa shape index (κ2) is 14.5. The molecule has 9 aromatic rings. The van der Waals surface area contributed by atoms with Crippen molar-refractivity contribution in [2.75, 3.05) is 0 Å². The lowest BCUT2D eigenvalue weighted by Gasteiger charge is -2.30. The zero-order valence-corrected chi connectivity index (χ0v) is 32.4. The average Bonchev–Trinajstić information content (AvgIpc) is 3.66. The molecule has 0 bridgehead atoms. The third-order valence-corrected chi connectivity index (χ3v) is 12.0. The predicted octanol–water partition coefficient (Wildman–Crippen LogP) is -9.67. The second-order valence-corrected chi connectivity index (χ2v) is 15.0. The van der Waals surface area contributed by atoms with E-state index >= 15 is 0 Å². The molecule has 8 aromatic carbocycles. The maximum absolute atomic E-state index is 7.29. The Bertz CT molecular complexity index is 3450. The Labute approximate surface area is 378 Å². The lowest BCUT2D eigenvalue weighted by Crippen LogP contribution is -2.53. The highest BCUT2D eigenvalue weighted by Gasteiger charge is 2.28. The SMILES string of the molecule is [B]c1c([B])c(-c2c3ccccc3c(-c3c([B])c([B])c4oc5c([B])c([B])c([B])c([B])c5c4c3[B])c3ccccc23)c([B])c(-c2c([B])c([B])c([B])c3c([B])c([B])c([B])c([B])c23)c1[B]. The summed E-state index contributed by atoms with van der Waals surface area (Å²) in [6.07, 6.45) is 0. The van der Waals surface area contributed by atoms with Gasteiger partial charge >= 0.3 is 0 Å². The molecule has 19 heteroatoms. The summed E-state index contributed by atoms with van der Waals surface area (Å²) in [7, 11) is 120. The number of benzene rings is 8. The van der Waals surface area contributed by atoms with Gasteiger partial charge in [-0.05, 0) is 65.7 Å². The first kappa shape index (κ1) is 41.8. The first-order chi connectivity index (χ1) is 28.8. The molecule has 0 aliphatic heterocycles. The normalized spacial score (nSPS) is 11.8. The van der Waals surface area contributed by atoms with Gasteiger partial charge in [0.05, 0.1) is 0 Å². The molecule has 36 radical (unpaired) electrons. The quantitative estimate of drug-likeness (QED) is 0.131. The van der Waals surface area contributed by atoms with E-state index in [-0.39, 0.29) is 131 Å². The van der Waals surface area contributed by atoms with Crippen molar-refractivity contribution in [2.24, 2.45) is 0 Å². The van der Waals surface area contributed by atoms with Gasteiger partial charge in [0.25, 0.3) is 0 Å². The van der Waals surface area contributed by atoms with Crippen LogP contribution in [-0.2, 0) is 0 Å². The number of furan rings is 1. The van der Waals surface area contributed by atoms with Gasteiger partial charge in [0.15, 0.2) is 0 Å². The maximum Gasteiger partial charge on any atom is 0.127 e. The lowest BCUT2D eigenvalue weighted by atomic mass is 9.56. The molecule has 61 heavy (non-hydrogen) atoms. The van der Waals surface area contributed by atoms with Gasteiger partial charge in [0.2, 0.25) is 0 Å². The van der Waals surface area contributed by atoms with Crippen LogP contribution in [0.1, 0.15) is 0 Å². The zero-order chi connectivity index (χ0) is 44.0. The van der Waals surface area contributed by atoms with Crippen molar-refractivity contribution in [2.45, 2.75) is 0 Å². The molecule has 1 nitrogen and oxygen atoms in total. The Morgan fingerprint density at radius 3 is 0.951 bits per heavy atom. The highest BCUT2D eigenvalue weighted by atomic mass is 16.3. The number of rotatable bonds is 3. The van der Waals surface area contributed by atoms with E-state index in [4.69, 9.17) is 146 Å². The molecule has 9 rings (SSSR count). The minimum atomic E-state index is -0.0267. The van der Waals surface area contributed by atoms with Crippen LogP contribution in [0.3, 0.4) is 0 Å². The summed E-state index contributed by atoms with van der Waals surface area (Å²) in [5.41, 5.74) is 3.38. The number of hydrogen-bond donors (Lipinski definition) is 0. The van der Waals surface area contributed by atoms with E-state index in [9.17, 15) is 0 Å². The molecule has 0 aliphatic carbocycles. The van der Waals surface area contributed by atoms with Crippen molar-refractivity contribution in [3.63, 3.8) is 0 Å². The summed E-state index contributed by atoms with van der Waals surface area (Å²) in [5.74, 6) is 0. The third-order valence-electron chi connectivity index (χ3n) is 12.0. The molecule has 0 fully saturated rings. The fraction of sp³-hybridized carbons (Fsp3) is 0. The van der Waals surface area contributed by atoms with Crippen LogP contribution >= 0.6 is 0 Å². The van der Waals surface area contributed by atoms with Crippen LogP contribution in [0.25, 0.3) is 87.6 Å². The summed E-state index contributed by atoms with van der Waals surface area (Å²) in [5, 5.41) is 3.72. The number of fused-ring (bicyclic) bond motifs is 6. The van der Waals surface area contributed by atoms with E-state index in [1.807, 2.05) is 48.5 Å². The van der Waals surface area contributed by atoms with E-state index in [0.29, 0.717) is 54.6 Å². The van der Waals surface area contributed by atoms with E-state index in [2.05, 4.69) is 0 Å². The van der Waals surface area contributed by atoms with E-state index in [1.54, 1.807) is 0 Å². The van der Waals surface area contributed by atoms with E-state index in [1.165, 1.54) is 0 Å². The van der Waals surface area contributed by atoms with E-state index in [0.717, 1.165) is 0 Å². The van der Waals surface area contributed by atoms with Gasteiger partial charge < -0.3 is 4.42 Å². The molecule has 0 unspecified atom stereocenters. The Hall–Kier alpha value is -4.49. The summed E-state index contributed by atoms with van der Waals surface area (Å²) in [6, 6.07) is 15.0. The van der Waals surface area contributed by atoms with Crippen molar-refractivity contribution < 1.29 is 4.42 Å². The van der Waals surface area contributed by atoms with Crippen LogP contribution in [-0.4, -0.2) is 141 Å². The molecule has 236 valence electrons. The van der Waals surface area contributed by atoms with Gasteiger partial charge in [0.1, 0.15) is 152 Å². The van der Waals surface area contributed by atoms with Gasteiger partial charge in [-0.2, -0.15) is 0 Å². The molecule has 0 N–H and O–H groups in total. The van der Waals surface area contributed by atoms with Gasteiger partial charge in [-0.15, -0.1) is 32.8 Å². The molecular formula is C42H8B18O. The van der Waals surface area contributed by atoms with E-state index < -0.39 is 0 Å². The second-order valence-electron chi connectivity index (χ2n) is 15.0. The molecule has 0 saturated carbocycles. The highest BCUT2D eigenvalue weighted by Crippen LogP contribution is 2.43. The Balaban J connectivity index is 1.46. The van der Waals surface area contributed by atoms with Crippen LogP contribution in [0.5, 0.6) is 0 Å². The van der Waals surface area contributed by atoms with Gasteiger partial charge in [-0.25, -0.2) is 0 Å². The minimum Gasteiger partial charge on any atom is -0.457 e. The first-order valence-corrected chi connectivity index (χ1v) is 18.5. The molecular weight excluding hydrogens is 715 g/mol. The van der Waals surface area contributed by atoms with Crippen molar-refractivity contribution in [3.05, 3.63) is 48.5 Å². The van der Waals surface area contributed by atoms with Gasteiger partial charge in [-0.1, -0.05) is 114 Å². The Morgan fingerprint density at radius 2 is 0.492 bits per heavy atom. The fourth-order valence-electron chi connectivity index (χ4n) is 8.88. The molecule has 0 aliphatic rings. The van der Waals surface area contributed by atoms with Crippen LogP contribution in [0, 0.1) is 0 Å². The van der Waals surface area contributed by atoms with Gasteiger partial charge in [0, 0.05) is 10.8 Å². The summed E-state index contributed by atoms with van der Waals surface area (Å²) in [4.78, 5) is 0. The molecule has 1 heterocycles. The van der Waals surface area contributed by atoms with Crippen molar-refractivity contribution in [1.29, 1.82) is 0 Å². The zero-order valence-electron chi connectivity index (χ0n) is 32.4. The minimum absolute atomic E-state index is 0.00728. The Kier molecular flexibility index (Phi) is 9.97. The smallest absolute Gasteiger partial charge is 0.127 e. The maximum atomic E-state index is 7.29. The average molecular weight is 723 g/mol. The molecule has 0 spiro atoms. The monoisotopic (exact) mass is 726 g/mol. The Morgan fingerprint density at radius 1 is 0.213 bits per heavy atom. The molecule has 1 aromatic heterocycles. The molecule has 0 saturated heterocycles. The summed E-state index contributed by atoms with van der Waals surface area (Å²) in [6.45, 7) is 0. The summed E-state index contributed by atoms with van der Waals surface area (Å²) < 4.78 is 6.18. The lowest BCUT2D eigenvalue weighted by molar-refractivity contribution is 0.675. The van der Waals surface area contributed by atoms with Crippen molar-refractivity contribution in [3.8, 4) is 33.4 Å². The van der Waals surface area contributed by atoms with Crippen molar-refractivity contribution >= 4 is 294 Å². The van der Waals surface area contributed by atoms with Crippen LogP contribution < -0.4 is 98.3 Å². The highest BCUT2D eigenvalue weighted by molar-refractivity contribution is 6.74. The topological polar surface area (TPSA) is 13.1 Å². The molecule has 0 atom stereocenters.